The number of thiocarbonyl (C=S) groups is 1. The third-order valence-corrected chi connectivity index (χ3v) is 3.64. The van der Waals surface area contributed by atoms with Gasteiger partial charge in [0.15, 0.2) is 0 Å². The molecule has 1 aliphatic heterocycles. The standard InChI is InChI=1S/C14H20N2OS/c1-17-13-6-5-11(14(15)18)9-12(13)10-16-7-3-2-4-8-16/h5-6,9H,2-4,7-8,10H2,1H3,(H2,15,18). The van der Waals surface area contributed by atoms with Crippen molar-refractivity contribution < 1.29 is 4.74 Å². The monoisotopic (exact) mass is 264 g/mol. The van der Waals surface area contributed by atoms with Gasteiger partial charge in [0, 0.05) is 17.7 Å². The van der Waals surface area contributed by atoms with Crippen LogP contribution in [0.15, 0.2) is 18.2 Å². The van der Waals surface area contributed by atoms with E-state index in [-0.39, 0.29) is 0 Å². The second-order valence-electron chi connectivity index (χ2n) is 4.73. The van der Waals surface area contributed by atoms with Gasteiger partial charge in [0.2, 0.25) is 0 Å². The van der Waals surface area contributed by atoms with Crippen LogP contribution in [-0.4, -0.2) is 30.1 Å². The second-order valence-corrected chi connectivity index (χ2v) is 5.17. The molecule has 0 aliphatic carbocycles. The van der Waals surface area contributed by atoms with Crippen molar-refractivity contribution in [2.75, 3.05) is 20.2 Å². The Morgan fingerprint density at radius 1 is 1.33 bits per heavy atom. The van der Waals surface area contributed by atoms with E-state index >= 15 is 0 Å². The highest BCUT2D eigenvalue weighted by atomic mass is 32.1. The highest BCUT2D eigenvalue weighted by Gasteiger charge is 2.13. The molecule has 2 rings (SSSR count). The lowest BCUT2D eigenvalue weighted by molar-refractivity contribution is 0.218. The molecule has 0 atom stereocenters. The maximum Gasteiger partial charge on any atom is 0.123 e. The molecule has 1 saturated heterocycles. The summed E-state index contributed by atoms with van der Waals surface area (Å²) in [6.45, 7) is 3.25. The van der Waals surface area contributed by atoms with Crippen molar-refractivity contribution >= 4 is 17.2 Å². The van der Waals surface area contributed by atoms with Crippen LogP contribution in [0.1, 0.15) is 30.4 Å². The van der Waals surface area contributed by atoms with Gasteiger partial charge in [-0.05, 0) is 44.1 Å². The van der Waals surface area contributed by atoms with Crippen molar-refractivity contribution in [1.29, 1.82) is 0 Å². The molecule has 98 valence electrons. The Kier molecular flexibility index (Phi) is 4.55. The first-order chi connectivity index (χ1) is 8.70. The fourth-order valence-corrected chi connectivity index (χ4v) is 2.54. The van der Waals surface area contributed by atoms with Crippen LogP contribution in [0.5, 0.6) is 5.75 Å². The number of hydrogen-bond donors (Lipinski definition) is 1. The average Bonchev–Trinajstić information content (AvgIpc) is 2.39. The number of hydrogen-bond acceptors (Lipinski definition) is 3. The van der Waals surface area contributed by atoms with Crippen LogP contribution >= 0.6 is 12.2 Å². The van der Waals surface area contributed by atoms with Gasteiger partial charge in [0.25, 0.3) is 0 Å². The van der Waals surface area contributed by atoms with Gasteiger partial charge in [0.05, 0.1) is 7.11 Å². The third-order valence-electron chi connectivity index (χ3n) is 3.41. The first-order valence-electron chi connectivity index (χ1n) is 6.40. The average molecular weight is 264 g/mol. The molecule has 0 bridgehead atoms. The number of ether oxygens (including phenoxy) is 1. The normalized spacial score (nSPS) is 16.5. The number of nitrogens with two attached hydrogens (primary N) is 1. The molecule has 18 heavy (non-hydrogen) atoms. The van der Waals surface area contributed by atoms with Crippen LogP contribution in [0.4, 0.5) is 0 Å². The van der Waals surface area contributed by atoms with Gasteiger partial charge in [-0.1, -0.05) is 18.6 Å². The maximum absolute atomic E-state index is 5.68. The van der Waals surface area contributed by atoms with Gasteiger partial charge in [0.1, 0.15) is 10.7 Å². The van der Waals surface area contributed by atoms with Crippen LogP contribution < -0.4 is 10.5 Å². The Labute approximate surface area is 114 Å². The lowest BCUT2D eigenvalue weighted by Crippen LogP contribution is -2.29. The maximum atomic E-state index is 5.68. The first kappa shape index (κ1) is 13.3. The molecule has 1 aromatic rings. The lowest BCUT2D eigenvalue weighted by atomic mass is 10.1. The molecule has 0 amide bonds. The predicted octanol–water partition coefficient (Wildman–Crippen LogP) is 2.32. The number of rotatable bonds is 4. The molecule has 0 spiro atoms. The molecule has 4 heteroatoms. The van der Waals surface area contributed by atoms with E-state index in [0.717, 1.165) is 17.9 Å². The summed E-state index contributed by atoms with van der Waals surface area (Å²) >= 11 is 5.03. The third kappa shape index (κ3) is 3.21. The molecule has 0 saturated carbocycles. The zero-order valence-corrected chi connectivity index (χ0v) is 11.6. The molecule has 0 aromatic heterocycles. The minimum atomic E-state index is 0.442. The van der Waals surface area contributed by atoms with E-state index in [0.29, 0.717) is 4.99 Å². The minimum absolute atomic E-state index is 0.442. The summed E-state index contributed by atoms with van der Waals surface area (Å²) in [6.07, 6.45) is 3.93. The second kappa shape index (κ2) is 6.16. The number of benzene rings is 1. The van der Waals surface area contributed by atoms with Crippen molar-refractivity contribution in [2.45, 2.75) is 25.8 Å². The van der Waals surface area contributed by atoms with E-state index in [1.807, 2.05) is 12.1 Å². The van der Waals surface area contributed by atoms with Gasteiger partial charge in [-0.15, -0.1) is 0 Å². The summed E-state index contributed by atoms with van der Waals surface area (Å²) in [7, 11) is 1.70. The Morgan fingerprint density at radius 3 is 2.67 bits per heavy atom. The van der Waals surface area contributed by atoms with E-state index in [1.54, 1.807) is 7.11 Å². The summed E-state index contributed by atoms with van der Waals surface area (Å²) in [5.74, 6) is 0.917. The van der Waals surface area contributed by atoms with Crippen LogP contribution in [-0.2, 0) is 6.54 Å². The quantitative estimate of drug-likeness (QED) is 0.847. The highest BCUT2D eigenvalue weighted by Crippen LogP contribution is 2.23. The van der Waals surface area contributed by atoms with Crippen LogP contribution in [0.25, 0.3) is 0 Å². The number of likely N-dealkylation sites (tertiary alicyclic amines) is 1. The van der Waals surface area contributed by atoms with E-state index in [2.05, 4.69) is 11.0 Å². The van der Waals surface area contributed by atoms with Gasteiger partial charge in [-0.3, -0.25) is 4.90 Å². The van der Waals surface area contributed by atoms with E-state index in [1.165, 1.54) is 37.9 Å². The smallest absolute Gasteiger partial charge is 0.123 e. The van der Waals surface area contributed by atoms with Crippen LogP contribution in [0, 0.1) is 0 Å². The minimum Gasteiger partial charge on any atom is -0.496 e. The fourth-order valence-electron chi connectivity index (χ4n) is 2.41. The largest absolute Gasteiger partial charge is 0.496 e. The molecule has 3 nitrogen and oxygen atoms in total. The molecule has 1 aliphatic rings. The number of piperidine rings is 1. The van der Waals surface area contributed by atoms with Crippen molar-refractivity contribution in [1.82, 2.24) is 4.90 Å². The predicted molar refractivity (Wildman–Crippen MR) is 78.0 cm³/mol. The molecule has 1 aromatic carbocycles. The van der Waals surface area contributed by atoms with Gasteiger partial charge >= 0.3 is 0 Å². The zero-order chi connectivity index (χ0) is 13.0. The summed E-state index contributed by atoms with van der Waals surface area (Å²) in [4.78, 5) is 2.91. The Morgan fingerprint density at radius 2 is 2.06 bits per heavy atom. The first-order valence-corrected chi connectivity index (χ1v) is 6.80. The van der Waals surface area contributed by atoms with Crippen LogP contribution in [0.2, 0.25) is 0 Å². The van der Waals surface area contributed by atoms with E-state index in [9.17, 15) is 0 Å². The van der Waals surface area contributed by atoms with Crippen LogP contribution in [0.3, 0.4) is 0 Å². The summed E-state index contributed by atoms with van der Waals surface area (Å²) in [5.41, 5.74) is 7.77. The molecule has 1 fully saturated rings. The van der Waals surface area contributed by atoms with E-state index < -0.39 is 0 Å². The Balaban J connectivity index is 2.17. The number of nitrogens with zero attached hydrogens (tertiary/aromatic N) is 1. The molecule has 2 N–H and O–H groups in total. The molecule has 0 radical (unpaired) electrons. The SMILES string of the molecule is COc1ccc(C(N)=S)cc1CN1CCCCC1. The van der Waals surface area contributed by atoms with Crippen molar-refractivity contribution in [3.05, 3.63) is 29.3 Å². The summed E-state index contributed by atoms with van der Waals surface area (Å²) in [6, 6.07) is 5.92. The lowest BCUT2D eigenvalue weighted by Gasteiger charge is -2.27. The molecular weight excluding hydrogens is 244 g/mol. The van der Waals surface area contributed by atoms with Crippen molar-refractivity contribution in [3.63, 3.8) is 0 Å². The van der Waals surface area contributed by atoms with Gasteiger partial charge in [-0.25, -0.2) is 0 Å². The summed E-state index contributed by atoms with van der Waals surface area (Å²) < 4.78 is 5.41. The fraction of sp³-hybridized carbons (Fsp3) is 0.500. The Hall–Kier alpha value is -1.13. The molecular formula is C14H20N2OS. The molecule has 1 heterocycles. The Bertz CT molecular complexity index is 428. The van der Waals surface area contributed by atoms with Gasteiger partial charge in [-0.2, -0.15) is 0 Å². The van der Waals surface area contributed by atoms with E-state index in [4.69, 9.17) is 22.7 Å². The topological polar surface area (TPSA) is 38.5 Å². The molecule has 0 unspecified atom stereocenters. The van der Waals surface area contributed by atoms with Gasteiger partial charge < -0.3 is 10.5 Å². The highest BCUT2D eigenvalue weighted by molar-refractivity contribution is 7.80. The van der Waals surface area contributed by atoms with Crippen molar-refractivity contribution in [3.8, 4) is 5.75 Å². The number of methoxy groups -OCH3 is 1. The zero-order valence-electron chi connectivity index (χ0n) is 10.8. The van der Waals surface area contributed by atoms with Crippen molar-refractivity contribution in [2.24, 2.45) is 5.73 Å². The summed E-state index contributed by atoms with van der Waals surface area (Å²) in [5, 5.41) is 0.